The van der Waals surface area contributed by atoms with Gasteiger partial charge in [0.2, 0.25) is 0 Å². The summed E-state index contributed by atoms with van der Waals surface area (Å²) < 4.78 is 1.93. The van der Waals surface area contributed by atoms with Gasteiger partial charge in [0.1, 0.15) is 0 Å². The van der Waals surface area contributed by atoms with Crippen molar-refractivity contribution in [3.8, 4) is 5.82 Å². The molecule has 2 aromatic rings. The van der Waals surface area contributed by atoms with Crippen molar-refractivity contribution in [3.05, 3.63) is 41.3 Å². The van der Waals surface area contributed by atoms with Crippen LogP contribution in [0, 0.1) is 0 Å². The Morgan fingerprint density at radius 1 is 1.33 bits per heavy atom. The van der Waals surface area contributed by atoms with Gasteiger partial charge in [-0.05, 0) is 31.9 Å². The molecule has 0 aromatic carbocycles. The number of nitrogens with zero attached hydrogens (tertiary/aromatic N) is 3. The lowest BCUT2D eigenvalue weighted by Crippen LogP contribution is -2.13. The van der Waals surface area contributed by atoms with E-state index in [1.165, 1.54) is 5.69 Å². The Labute approximate surface area is 108 Å². The summed E-state index contributed by atoms with van der Waals surface area (Å²) in [6.07, 6.45) is 3.65. The molecule has 0 amide bonds. The smallest absolute Gasteiger partial charge is 0.158 e. The van der Waals surface area contributed by atoms with Gasteiger partial charge in [-0.15, -0.1) is 0 Å². The number of pyridine rings is 1. The molecule has 2 N–H and O–H groups in total. The number of hydrogen-bond donors (Lipinski definition) is 1. The summed E-state index contributed by atoms with van der Waals surface area (Å²) in [5, 5.41) is 4.61. The second-order valence-electron chi connectivity index (χ2n) is 4.45. The van der Waals surface area contributed by atoms with Crippen molar-refractivity contribution in [2.45, 2.75) is 39.7 Å². The van der Waals surface area contributed by atoms with Crippen LogP contribution in [0.15, 0.2) is 24.4 Å². The predicted molar refractivity (Wildman–Crippen MR) is 72.7 cm³/mol. The molecular formula is C14H20N4. The highest BCUT2D eigenvalue weighted by atomic mass is 15.3. The molecule has 0 aliphatic rings. The molecule has 4 heteroatoms. The molecule has 0 aliphatic heterocycles. The highest BCUT2D eigenvalue weighted by Crippen LogP contribution is 2.19. The molecule has 0 fully saturated rings. The Kier molecular flexibility index (Phi) is 3.77. The summed E-state index contributed by atoms with van der Waals surface area (Å²) in [7, 11) is 0. The normalized spacial score (nSPS) is 12.7. The predicted octanol–water partition coefficient (Wildman–Crippen LogP) is 2.41. The van der Waals surface area contributed by atoms with Gasteiger partial charge >= 0.3 is 0 Å². The van der Waals surface area contributed by atoms with Crippen LogP contribution in [0.2, 0.25) is 0 Å². The third-order valence-electron chi connectivity index (χ3n) is 3.07. The highest BCUT2D eigenvalue weighted by Gasteiger charge is 2.14. The second-order valence-corrected chi connectivity index (χ2v) is 4.45. The van der Waals surface area contributed by atoms with Gasteiger partial charge in [-0.1, -0.05) is 19.9 Å². The molecule has 2 heterocycles. The van der Waals surface area contributed by atoms with Crippen LogP contribution in [0.5, 0.6) is 0 Å². The first kappa shape index (κ1) is 12.8. The van der Waals surface area contributed by atoms with Crippen molar-refractivity contribution in [1.29, 1.82) is 0 Å². The fourth-order valence-electron chi connectivity index (χ4n) is 2.02. The van der Waals surface area contributed by atoms with Crippen LogP contribution in [0.3, 0.4) is 0 Å². The third-order valence-corrected chi connectivity index (χ3v) is 3.07. The SMILES string of the molecule is CCc1cc(CC)n(-c2ncccc2[C@H](C)N)n1. The summed E-state index contributed by atoms with van der Waals surface area (Å²) in [6.45, 7) is 6.20. The van der Waals surface area contributed by atoms with E-state index in [0.29, 0.717) is 0 Å². The Hall–Kier alpha value is -1.68. The molecule has 4 nitrogen and oxygen atoms in total. The van der Waals surface area contributed by atoms with Crippen LogP contribution in [0.25, 0.3) is 5.82 Å². The van der Waals surface area contributed by atoms with Crippen molar-refractivity contribution in [2.75, 3.05) is 0 Å². The zero-order chi connectivity index (χ0) is 13.1. The Morgan fingerprint density at radius 3 is 2.72 bits per heavy atom. The maximum Gasteiger partial charge on any atom is 0.158 e. The summed E-state index contributed by atoms with van der Waals surface area (Å²) >= 11 is 0. The van der Waals surface area contributed by atoms with Gasteiger partial charge in [-0.25, -0.2) is 9.67 Å². The first-order chi connectivity index (χ1) is 8.67. The van der Waals surface area contributed by atoms with E-state index in [9.17, 15) is 0 Å². The molecule has 96 valence electrons. The van der Waals surface area contributed by atoms with Gasteiger partial charge in [0.15, 0.2) is 5.82 Å². The number of hydrogen-bond acceptors (Lipinski definition) is 3. The summed E-state index contributed by atoms with van der Waals surface area (Å²) in [6, 6.07) is 6.02. The minimum atomic E-state index is -0.0484. The average Bonchev–Trinajstić information content (AvgIpc) is 2.81. The van der Waals surface area contributed by atoms with Gasteiger partial charge in [-0.3, -0.25) is 0 Å². The van der Waals surface area contributed by atoms with Crippen molar-refractivity contribution >= 4 is 0 Å². The van der Waals surface area contributed by atoms with Gasteiger partial charge in [-0.2, -0.15) is 5.10 Å². The number of nitrogens with two attached hydrogens (primary N) is 1. The molecule has 2 rings (SSSR count). The average molecular weight is 244 g/mol. The summed E-state index contributed by atoms with van der Waals surface area (Å²) in [4.78, 5) is 4.45. The van der Waals surface area contributed by atoms with E-state index >= 15 is 0 Å². The maximum atomic E-state index is 6.00. The highest BCUT2D eigenvalue weighted by molar-refractivity contribution is 5.37. The topological polar surface area (TPSA) is 56.7 Å². The molecule has 0 unspecified atom stereocenters. The summed E-state index contributed by atoms with van der Waals surface area (Å²) in [5.41, 5.74) is 9.29. The summed E-state index contributed by atoms with van der Waals surface area (Å²) in [5.74, 6) is 0.851. The van der Waals surface area contributed by atoms with E-state index in [1.54, 1.807) is 6.20 Å². The van der Waals surface area contributed by atoms with Gasteiger partial charge in [0, 0.05) is 23.5 Å². The Bertz CT molecular complexity index is 528. The molecule has 0 saturated carbocycles. The quantitative estimate of drug-likeness (QED) is 0.898. The maximum absolute atomic E-state index is 6.00. The van der Waals surface area contributed by atoms with E-state index < -0.39 is 0 Å². The van der Waals surface area contributed by atoms with Crippen molar-refractivity contribution in [3.63, 3.8) is 0 Å². The van der Waals surface area contributed by atoms with Crippen LogP contribution in [0.1, 0.15) is 43.8 Å². The van der Waals surface area contributed by atoms with Crippen molar-refractivity contribution in [1.82, 2.24) is 14.8 Å². The second kappa shape index (κ2) is 5.31. The van der Waals surface area contributed by atoms with Crippen LogP contribution in [-0.2, 0) is 12.8 Å². The minimum Gasteiger partial charge on any atom is -0.324 e. The van der Waals surface area contributed by atoms with Gasteiger partial charge in [0.25, 0.3) is 0 Å². The zero-order valence-corrected chi connectivity index (χ0v) is 11.2. The van der Waals surface area contributed by atoms with E-state index in [4.69, 9.17) is 5.73 Å². The molecule has 0 spiro atoms. The Morgan fingerprint density at radius 2 is 2.11 bits per heavy atom. The molecular weight excluding hydrogens is 224 g/mol. The fourth-order valence-corrected chi connectivity index (χ4v) is 2.02. The lowest BCUT2D eigenvalue weighted by molar-refractivity contribution is 0.729. The molecule has 0 radical (unpaired) electrons. The molecule has 0 bridgehead atoms. The zero-order valence-electron chi connectivity index (χ0n) is 11.2. The van der Waals surface area contributed by atoms with E-state index in [0.717, 1.165) is 29.9 Å². The van der Waals surface area contributed by atoms with E-state index in [-0.39, 0.29) is 6.04 Å². The van der Waals surface area contributed by atoms with Crippen LogP contribution < -0.4 is 5.73 Å². The number of rotatable bonds is 4. The minimum absolute atomic E-state index is 0.0484. The molecule has 2 aromatic heterocycles. The van der Waals surface area contributed by atoms with E-state index in [2.05, 4.69) is 30.0 Å². The largest absolute Gasteiger partial charge is 0.324 e. The Balaban J connectivity index is 2.57. The lowest BCUT2D eigenvalue weighted by atomic mass is 10.1. The van der Waals surface area contributed by atoms with Crippen molar-refractivity contribution < 1.29 is 0 Å². The molecule has 18 heavy (non-hydrogen) atoms. The first-order valence-corrected chi connectivity index (χ1v) is 6.46. The van der Waals surface area contributed by atoms with Crippen LogP contribution >= 0.6 is 0 Å². The molecule has 0 aliphatic carbocycles. The van der Waals surface area contributed by atoms with Crippen LogP contribution in [-0.4, -0.2) is 14.8 Å². The number of aryl methyl sites for hydroxylation is 2. The third kappa shape index (κ3) is 2.29. The lowest BCUT2D eigenvalue weighted by Gasteiger charge is -2.13. The van der Waals surface area contributed by atoms with Gasteiger partial charge in [0.05, 0.1) is 5.69 Å². The number of aromatic nitrogens is 3. The first-order valence-electron chi connectivity index (χ1n) is 6.46. The molecule has 0 saturated heterocycles. The van der Waals surface area contributed by atoms with Crippen molar-refractivity contribution in [2.24, 2.45) is 5.73 Å². The van der Waals surface area contributed by atoms with Gasteiger partial charge < -0.3 is 5.73 Å². The standard InChI is InChI=1S/C14H20N4/c1-4-11-9-12(5-2)18(17-11)14-13(10(3)15)7-6-8-16-14/h6-10H,4-5,15H2,1-3H3/t10-/m0/s1. The fraction of sp³-hybridized carbons (Fsp3) is 0.429. The van der Waals surface area contributed by atoms with E-state index in [1.807, 2.05) is 23.7 Å². The monoisotopic (exact) mass is 244 g/mol. The molecule has 1 atom stereocenters. The van der Waals surface area contributed by atoms with Crippen LogP contribution in [0.4, 0.5) is 0 Å².